The number of rotatable bonds is 10. The number of carbonyl (C=O) groups excluding carboxylic acids is 1. The first kappa shape index (κ1) is 22.0. The normalized spacial score (nSPS) is 13.2. The Morgan fingerprint density at radius 1 is 1.13 bits per heavy atom. The monoisotopic (exact) mass is 425 g/mol. The minimum Gasteiger partial charge on any atom is -0.480 e. The lowest BCUT2D eigenvalue weighted by molar-refractivity contribution is -0.139. The molecule has 1 aliphatic carbocycles. The van der Waals surface area contributed by atoms with Crippen molar-refractivity contribution in [2.45, 2.75) is 31.7 Å². The summed E-state index contributed by atoms with van der Waals surface area (Å²) >= 11 is 1.62. The molecule has 5 nitrogen and oxygen atoms in total. The molecule has 0 fully saturated rings. The number of carboxylic acids is 1. The highest BCUT2D eigenvalue weighted by Crippen LogP contribution is 2.44. The lowest BCUT2D eigenvalue weighted by Gasteiger charge is -2.17. The molecule has 0 radical (unpaired) electrons. The van der Waals surface area contributed by atoms with E-state index < -0.39 is 18.1 Å². The van der Waals surface area contributed by atoms with Gasteiger partial charge in [0.15, 0.2) is 0 Å². The smallest absolute Gasteiger partial charge is 0.407 e. The summed E-state index contributed by atoms with van der Waals surface area (Å²) < 4.78 is 5.45. The predicted octanol–water partition coefficient (Wildman–Crippen LogP) is 5.07. The first-order valence-electron chi connectivity index (χ1n) is 10.1. The van der Waals surface area contributed by atoms with Crippen molar-refractivity contribution in [3.8, 4) is 11.1 Å². The van der Waals surface area contributed by atoms with E-state index >= 15 is 0 Å². The van der Waals surface area contributed by atoms with Crippen molar-refractivity contribution in [3.05, 3.63) is 71.8 Å². The third kappa shape index (κ3) is 5.25. The number of ether oxygens (including phenoxy) is 1. The van der Waals surface area contributed by atoms with Crippen LogP contribution in [0, 0.1) is 0 Å². The lowest BCUT2D eigenvalue weighted by Crippen LogP contribution is -2.41. The van der Waals surface area contributed by atoms with Crippen molar-refractivity contribution in [2.24, 2.45) is 0 Å². The molecule has 0 saturated carbocycles. The van der Waals surface area contributed by atoms with E-state index in [-0.39, 0.29) is 12.5 Å². The largest absolute Gasteiger partial charge is 0.480 e. The minimum atomic E-state index is -1.06. The molecule has 30 heavy (non-hydrogen) atoms. The predicted molar refractivity (Wildman–Crippen MR) is 121 cm³/mol. The van der Waals surface area contributed by atoms with Gasteiger partial charge in [-0.3, -0.25) is 0 Å². The number of benzene rings is 2. The van der Waals surface area contributed by atoms with Crippen molar-refractivity contribution in [2.75, 3.05) is 18.1 Å². The molecular weight excluding hydrogens is 398 g/mol. The van der Waals surface area contributed by atoms with Gasteiger partial charge < -0.3 is 15.2 Å². The highest BCUT2D eigenvalue weighted by molar-refractivity contribution is 7.99. The van der Waals surface area contributed by atoms with Gasteiger partial charge in [-0.25, -0.2) is 9.59 Å². The second kappa shape index (κ2) is 10.3. The van der Waals surface area contributed by atoms with Crippen molar-refractivity contribution >= 4 is 23.8 Å². The van der Waals surface area contributed by atoms with E-state index in [0.717, 1.165) is 40.0 Å². The van der Waals surface area contributed by atoms with Crippen LogP contribution in [0.3, 0.4) is 0 Å². The Morgan fingerprint density at radius 3 is 2.30 bits per heavy atom. The summed E-state index contributed by atoms with van der Waals surface area (Å²) in [6, 6.07) is 15.2. The molecule has 2 N–H and O–H groups in total. The quantitative estimate of drug-likeness (QED) is 0.411. The van der Waals surface area contributed by atoms with E-state index in [2.05, 4.69) is 24.0 Å². The fraction of sp³-hybridized carbons (Fsp3) is 0.333. The van der Waals surface area contributed by atoms with Crippen LogP contribution < -0.4 is 5.32 Å². The van der Waals surface area contributed by atoms with Crippen molar-refractivity contribution in [1.82, 2.24) is 5.32 Å². The summed E-state index contributed by atoms with van der Waals surface area (Å²) in [7, 11) is 0. The van der Waals surface area contributed by atoms with Gasteiger partial charge in [-0.15, -0.1) is 0 Å². The maximum Gasteiger partial charge on any atom is 0.407 e. The van der Waals surface area contributed by atoms with E-state index in [1.165, 1.54) is 0 Å². The molecule has 6 heteroatoms. The van der Waals surface area contributed by atoms with Crippen LogP contribution in [0.15, 0.2) is 60.7 Å². The third-order valence-electron chi connectivity index (χ3n) is 5.29. The van der Waals surface area contributed by atoms with Crippen LogP contribution in [-0.4, -0.2) is 41.3 Å². The maximum absolute atomic E-state index is 12.3. The van der Waals surface area contributed by atoms with E-state index in [4.69, 9.17) is 4.74 Å². The Bertz CT molecular complexity index is 881. The van der Waals surface area contributed by atoms with E-state index in [9.17, 15) is 14.7 Å². The lowest BCUT2D eigenvalue weighted by atomic mass is 9.98. The standard InChI is InChI=1S/C24H27NO4S/c1-3-16(2)15-30-13-12-22(23(26)27)25-24(28)29-14-21-19-10-6-4-8-17(19)18-9-5-7-11-20(18)21/h4-11,21-22H,2-3,12-15H2,1H3,(H,25,28)(H,26,27). The fourth-order valence-electron chi connectivity index (χ4n) is 3.56. The molecule has 1 atom stereocenters. The summed E-state index contributed by atoms with van der Waals surface area (Å²) in [5, 5.41) is 11.9. The van der Waals surface area contributed by atoms with Gasteiger partial charge in [0, 0.05) is 11.7 Å². The van der Waals surface area contributed by atoms with Crippen molar-refractivity contribution < 1.29 is 19.4 Å². The number of hydrogen-bond acceptors (Lipinski definition) is 4. The number of thioether (sulfide) groups is 1. The highest BCUT2D eigenvalue weighted by atomic mass is 32.2. The molecule has 0 spiro atoms. The molecule has 3 rings (SSSR count). The van der Waals surface area contributed by atoms with Crippen molar-refractivity contribution in [3.63, 3.8) is 0 Å². The number of hydrogen-bond donors (Lipinski definition) is 2. The van der Waals surface area contributed by atoms with E-state index in [1.807, 2.05) is 43.3 Å². The van der Waals surface area contributed by atoms with Crippen molar-refractivity contribution in [1.29, 1.82) is 0 Å². The summed E-state index contributed by atoms with van der Waals surface area (Å²) in [6.45, 7) is 6.15. The van der Waals surface area contributed by atoms with Gasteiger partial charge >= 0.3 is 12.1 Å². The summed E-state index contributed by atoms with van der Waals surface area (Å²) in [6.07, 6.45) is 0.543. The minimum absolute atomic E-state index is 0.0537. The number of amides is 1. The first-order chi connectivity index (χ1) is 14.5. The average molecular weight is 426 g/mol. The number of carbonyl (C=O) groups is 2. The zero-order chi connectivity index (χ0) is 21.5. The second-order valence-electron chi connectivity index (χ2n) is 7.31. The van der Waals surface area contributed by atoms with Gasteiger partial charge in [0.1, 0.15) is 12.6 Å². The molecule has 2 aromatic rings. The van der Waals surface area contributed by atoms with Crippen LogP contribution in [0.2, 0.25) is 0 Å². The Labute approximate surface area is 181 Å². The zero-order valence-electron chi connectivity index (χ0n) is 17.1. The number of carboxylic acid groups (broad SMARTS) is 1. The fourth-order valence-corrected chi connectivity index (χ4v) is 4.60. The number of nitrogens with one attached hydrogen (secondary N) is 1. The van der Waals surface area contributed by atoms with Crippen LogP contribution in [0.25, 0.3) is 11.1 Å². The molecule has 0 aromatic heterocycles. The van der Waals surface area contributed by atoms with E-state index in [1.54, 1.807) is 11.8 Å². The van der Waals surface area contributed by atoms with Crippen LogP contribution in [-0.2, 0) is 9.53 Å². The molecule has 0 bridgehead atoms. The molecule has 0 heterocycles. The van der Waals surface area contributed by atoms with Gasteiger partial charge in [0.05, 0.1) is 0 Å². The summed E-state index contributed by atoms with van der Waals surface area (Å²) in [4.78, 5) is 23.8. The van der Waals surface area contributed by atoms with Crippen LogP contribution in [0.1, 0.15) is 36.8 Å². The average Bonchev–Trinajstić information content (AvgIpc) is 3.07. The molecule has 158 valence electrons. The van der Waals surface area contributed by atoms with Gasteiger partial charge in [0.25, 0.3) is 0 Å². The second-order valence-corrected chi connectivity index (χ2v) is 8.41. The molecular formula is C24H27NO4S. The molecule has 2 aromatic carbocycles. The van der Waals surface area contributed by atoms with Crippen LogP contribution in [0.5, 0.6) is 0 Å². The molecule has 1 unspecified atom stereocenters. The molecule has 0 aliphatic heterocycles. The van der Waals surface area contributed by atoms with Gasteiger partial charge in [-0.05, 0) is 40.8 Å². The summed E-state index contributed by atoms with van der Waals surface area (Å²) in [5.41, 5.74) is 5.66. The van der Waals surface area contributed by atoms with E-state index in [0.29, 0.717) is 12.2 Å². The zero-order valence-corrected chi connectivity index (χ0v) is 17.9. The van der Waals surface area contributed by atoms with Gasteiger partial charge in [-0.2, -0.15) is 11.8 Å². The van der Waals surface area contributed by atoms with Gasteiger partial charge in [-0.1, -0.05) is 67.6 Å². The third-order valence-corrected chi connectivity index (χ3v) is 6.43. The Morgan fingerprint density at radius 2 is 1.73 bits per heavy atom. The molecule has 1 aliphatic rings. The van der Waals surface area contributed by atoms with Crippen LogP contribution in [0.4, 0.5) is 4.79 Å². The Hall–Kier alpha value is -2.73. The highest BCUT2D eigenvalue weighted by Gasteiger charge is 2.29. The first-order valence-corrected chi connectivity index (χ1v) is 11.3. The SMILES string of the molecule is C=C(CC)CSCCC(NC(=O)OCC1c2ccccc2-c2ccccc21)C(=O)O. The Balaban J connectivity index is 1.56. The maximum atomic E-state index is 12.3. The number of aliphatic carboxylic acids is 1. The number of fused-ring (bicyclic) bond motifs is 3. The topological polar surface area (TPSA) is 75.6 Å². The number of alkyl carbamates (subject to hydrolysis) is 1. The Kier molecular flexibility index (Phi) is 7.57. The molecule has 1 amide bonds. The van der Waals surface area contributed by atoms with Gasteiger partial charge in [0.2, 0.25) is 0 Å². The summed E-state index contributed by atoms with van der Waals surface area (Å²) in [5.74, 6) is 0.313. The molecule has 0 saturated heterocycles. The van der Waals surface area contributed by atoms with Crippen LogP contribution >= 0.6 is 11.8 Å².